The van der Waals surface area contributed by atoms with Gasteiger partial charge in [0.05, 0.1) is 18.8 Å². The number of rotatable bonds is 7. The van der Waals surface area contributed by atoms with E-state index in [1.54, 1.807) is 11.8 Å². The topological polar surface area (TPSA) is 109 Å². The number of carbonyl (C=O) groups is 1. The second-order valence-electron chi connectivity index (χ2n) is 6.57. The molecule has 1 saturated heterocycles. The molecule has 1 fully saturated rings. The number of hydrogen-bond acceptors (Lipinski definition) is 7. The average Bonchev–Trinajstić information content (AvgIpc) is 3.00. The fraction of sp³-hybridized carbons (Fsp3) is 0.800. The molecule has 0 saturated carbocycles. The number of sulfonamides is 1. The molecule has 0 radical (unpaired) electrons. The average molecular weight is 373 g/mol. The van der Waals surface area contributed by atoms with Crippen molar-refractivity contribution in [3.05, 3.63) is 11.7 Å². The number of aromatic nitrogens is 2. The first-order valence-electron chi connectivity index (χ1n) is 8.47. The van der Waals surface area contributed by atoms with Gasteiger partial charge in [0, 0.05) is 25.6 Å². The lowest BCUT2D eigenvalue weighted by molar-refractivity contribution is -0.134. The van der Waals surface area contributed by atoms with Gasteiger partial charge in [-0.15, -0.1) is 0 Å². The smallest absolute Gasteiger partial charge is 0.240 e. The molecule has 1 aliphatic heterocycles. The quantitative estimate of drug-likeness (QED) is 0.716. The Kier molecular flexibility index (Phi) is 6.53. The number of aryl methyl sites for hydroxylation is 1. The van der Waals surface area contributed by atoms with Crippen LogP contribution >= 0.6 is 0 Å². The maximum Gasteiger partial charge on any atom is 0.240 e. The predicted molar refractivity (Wildman–Crippen MR) is 92.2 cm³/mol. The first-order chi connectivity index (χ1) is 11.7. The highest BCUT2D eigenvalue weighted by atomic mass is 32.2. The first kappa shape index (κ1) is 19.8. The third kappa shape index (κ3) is 5.75. The number of piperidine rings is 1. The molecule has 0 bridgehead atoms. The predicted octanol–water partition coefficient (Wildman–Crippen LogP) is -0.00750. The van der Waals surface area contributed by atoms with E-state index in [0.717, 1.165) is 25.5 Å². The van der Waals surface area contributed by atoms with Gasteiger partial charge in [0.2, 0.25) is 21.8 Å². The third-order valence-corrected chi connectivity index (χ3v) is 5.09. The van der Waals surface area contributed by atoms with E-state index in [1.807, 2.05) is 14.0 Å². The molecule has 1 aliphatic rings. The third-order valence-electron chi connectivity index (χ3n) is 4.30. The molecule has 2 unspecified atom stereocenters. The lowest BCUT2D eigenvalue weighted by atomic mass is 10.0. The number of nitrogens with one attached hydrogen (secondary N) is 1. The van der Waals surface area contributed by atoms with Gasteiger partial charge in [0.1, 0.15) is 0 Å². The van der Waals surface area contributed by atoms with Crippen LogP contribution in [0.1, 0.15) is 38.4 Å². The SMILES string of the molecule is CCc1noc(CN(C)C2CCCN(C(=O)C(C)NS(C)(=O)=O)C2)n1. The summed E-state index contributed by atoms with van der Waals surface area (Å²) in [6.07, 6.45) is 3.61. The fourth-order valence-corrected chi connectivity index (χ4v) is 3.74. The molecule has 1 aromatic rings. The lowest BCUT2D eigenvalue weighted by Gasteiger charge is -2.38. The molecule has 10 heteroatoms. The summed E-state index contributed by atoms with van der Waals surface area (Å²) < 4.78 is 30.2. The Labute approximate surface area is 148 Å². The largest absolute Gasteiger partial charge is 0.340 e. The van der Waals surface area contributed by atoms with Crippen LogP contribution in [0.3, 0.4) is 0 Å². The summed E-state index contributed by atoms with van der Waals surface area (Å²) in [6, 6.07) is -0.595. The Hall–Kier alpha value is -1.52. The summed E-state index contributed by atoms with van der Waals surface area (Å²) in [5.74, 6) is 1.05. The summed E-state index contributed by atoms with van der Waals surface area (Å²) in [4.78, 5) is 20.6. The van der Waals surface area contributed by atoms with Crippen LogP contribution in [0, 0.1) is 0 Å². The Morgan fingerprint density at radius 2 is 2.24 bits per heavy atom. The van der Waals surface area contributed by atoms with E-state index in [4.69, 9.17) is 4.52 Å². The van der Waals surface area contributed by atoms with E-state index in [-0.39, 0.29) is 11.9 Å². The van der Waals surface area contributed by atoms with E-state index < -0.39 is 16.1 Å². The highest BCUT2D eigenvalue weighted by Gasteiger charge is 2.30. The van der Waals surface area contributed by atoms with Gasteiger partial charge < -0.3 is 9.42 Å². The zero-order valence-corrected chi connectivity index (χ0v) is 16.0. The van der Waals surface area contributed by atoms with Crippen molar-refractivity contribution in [3.63, 3.8) is 0 Å². The van der Waals surface area contributed by atoms with E-state index in [1.165, 1.54) is 0 Å². The highest BCUT2D eigenvalue weighted by molar-refractivity contribution is 7.88. The second kappa shape index (κ2) is 8.24. The van der Waals surface area contributed by atoms with E-state index in [9.17, 15) is 13.2 Å². The normalized spacial score (nSPS) is 20.0. The number of likely N-dealkylation sites (tertiary alicyclic amines) is 1. The van der Waals surface area contributed by atoms with Crippen molar-refractivity contribution in [2.24, 2.45) is 0 Å². The minimum absolute atomic E-state index is 0.167. The Balaban J connectivity index is 1.93. The molecule has 0 aromatic carbocycles. The lowest BCUT2D eigenvalue weighted by Crippen LogP contribution is -2.53. The van der Waals surface area contributed by atoms with Crippen LogP contribution in [0.2, 0.25) is 0 Å². The molecule has 2 heterocycles. The van der Waals surface area contributed by atoms with Gasteiger partial charge >= 0.3 is 0 Å². The van der Waals surface area contributed by atoms with Crippen molar-refractivity contribution in [1.29, 1.82) is 0 Å². The second-order valence-corrected chi connectivity index (χ2v) is 8.35. The Morgan fingerprint density at radius 3 is 2.84 bits per heavy atom. The molecular formula is C15H27N5O4S. The minimum Gasteiger partial charge on any atom is -0.340 e. The van der Waals surface area contributed by atoms with Crippen molar-refractivity contribution in [1.82, 2.24) is 24.7 Å². The molecule has 2 atom stereocenters. The van der Waals surface area contributed by atoms with Gasteiger partial charge in [-0.2, -0.15) is 4.98 Å². The number of nitrogens with zero attached hydrogens (tertiary/aromatic N) is 4. The van der Waals surface area contributed by atoms with Crippen molar-refractivity contribution in [2.45, 2.75) is 51.7 Å². The maximum absolute atomic E-state index is 12.5. The van der Waals surface area contributed by atoms with Gasteiger partial charge in [-0.3, -0.25) is 9.69 Å². The van der Waals surface area contributed by atoms with Gasteiger partial charge in [-0.25, -0.2) is 13.1 Å². The van der Waals surface area contributed by atoms with Crippen molar-refractivity contribution >= 4 is 15.9 Å². The minimum atomic E-state index is -3.41. The molecule has 2 rings (SSSR count). The van der Waals surface area contributed by atoms with Crippen LogP contribution in [0.25, 0.3) is 0 Å². The van der Waals surface area contributed by atoms with Crippen LogP contribution in [0.4, 0.5) is 0 Å². The molecular weight excluding hydrogens is 346 g/mol. The van der Waals surface area contributed by atoms with E-state index >= 15 is 0 Å². The van der Waals surface area contributed by atoms with E-state index in [2.05, 4.69) is 19.8 Å². The summed E-state index contributed by atoms with van der Waals surface area (Å²) in [6.45, 7) is 5.26. The van der Waals surface area contributed by atoms with Crippen molar-refractivity contribution in [3.8, 4) is 0 Å². The molecule has 1 amide bonds. The van der Waals surface area contributed by atoms with Crippen LogP contribution < -0.4 is 4.72 Å². The molecule has 0 spiro atoms. The number of amides is 1. The van der Waals surface area contributed by atoms with Gasteiger partial charge in [-0.05, 0) is 26.8 Å². The van der Waals surface area contributed by atoms with E-state index in [0.29, 0.717) is 31.3 Å². The molecule has 142 valence electrons. The maximum atomic E-state index is 12.5. The summed E-state index contributed by atoms with van der Waals surface area (Å²) in [5, 5.41) is 3.89. The molecule has 1 N–H and O–H groups in total. The van der Waals surface area contributed by atoms with Crippen molar-refractivity contribution < 1.29 is 17.7 Å². The fourth-order valence-electron chi connectivity index (χ4n) is 3.00. The Morgan fingerprint density at radius 1 is 1.52 bits per heavy atom. The number of hydrogen-bond donors (Lipinski definition) is 1. The van der Waals surface area contributed by atoms with Crippen LogP contribution in [0.5, 0.6) is 0 Å². The van der Waals surface area contributed by atoms with Gasteiger partial charge in [0.15, 0.2) is 5.82 Å². The zero-order valence-electron chi connectivity index (χ0n) is 15.2. The standard InChI is InChI=1S/C15H27N5O4S/c1-5-13-16-14(24-17-13)10-19(3)12-7-6-8-20(9-12)15(21)11(2)18-25(4,22)23/h11-12,18H,5-10H2,1-4H3. The molecule has 9 nitrogen and oxygen atoms in total. The first-order valence-corrected chi connectivity index (χ1v) is 10.4. The summed E-state index contributed by atoms with van der Waals surface area (Å²) in [7, 11) is -1.45. The Bertz CT molecular complexity index is 690. The highest BCUT2D eigenvalue weighted by Crippen LogP contribution is 2.17. The monoisotopic (exact) mass is 373 g/mol. The zero-order chi connectivity index (χ0) is 18.6. The summed E-state index contributed by atoms with van der Waals surface area (Å²) >= 11 is 0. The van der Waals surface area contributed by atoms with Crippen LogP contribution in [0.15, 0.2) is 4.52 Å². The van der Waals surface area contributed by atoms with Crippen LogP contribution in [-0.4, -0.2) is 72.7 Å². The van der Waals surface area contributed by atoms with Gasteiger partial charge in [-0.1, -0.05) is 12.1 Å². The van der Waals surface area contributed by atoms with Gasteiger partial charge in [0.25, 0.3) is 0 Å². The van der Waals surface area contributed by atoms with Crippen LogP contribution in [-0.2, 0) is 27.8 Å². The molecule has 25 heavy (non-hydrogen) atoms. The summed E-state index contributed by atoms with van der Waals surface area (Å²) in [5.41, 5.74) is 0. The number of likely N-dealkylation sites (N-methyl/N-ethyl adjacent to an activating group) is 1. The molecule has 1 aromatic heterocycles. The van der Waals surface area contributed by atoms with Crippen molar-refractivity contribution in [2.75, 3.05) is 26.4 Å². The molecule has 0 aliphatic carbocycles. The number of carbonyl (C=O) groups excluding carboxylic acids is 1.